The fraction of sp³-hybridized carbons (Fsp3) is 0.412. The topological polar surface area (TPSA) is 51.8 Å². The van der Waals surface area contributed by atoms with Crippen LogP contribution in [0.1, 0.15) is 38.1 Å². The van der Waals surface area contributed by atoms with Crippen LogP contribution in [0.2, 0.25) is 0 Å². The Morgan fingerprint density at radius 3 is 2.24 bits per heavy atom. The van der Waals surface area contributed by atoms with Crippen LogP contribution in [-0.2, 0) is 6.42 Å². The number of aromatic nitrogens is 2. The van der Waals surface area contributed by atoms with Gasteiger partial charge in [0.25, 0.3) is 0 Å². The van der Waals surface area contributed by atoms with Crippen LogP contribution in [0.3, 0.4) is 0 Å². The number of thiol groups is 1. The second kappa shape index (κ2) is 9.85. The molecule has 2 aromatic rings. The fourth-order valence-corrected chi connectivity index (χ4v) is 2.63. The summed E-state index contributed by atoms with van der Waals surface area (Å²) in [5.74, 6) is -1.22. The van der Waals surface area contributed by atoms with E-state index < -0.39 is 17.7 Å². The number of benzene rings is 1. The summed E-state index contributed by atoms with van der Waals surface area (Å²) < 4.78 is 27.2. The van der Waals surface area contributed by atoms with E-state index in [0.29, 0.717) is 20.9 Å². The van der Waals surface area contributed by atoms with Gasteiger partial charge in [-0.3, -0.25) is 0 Å². The summed E-state index contributed by atoms with van der Waals surface area (Å²) in [5.41, 5.74) is 7.19. The molecule has 1 aromatic carbocycles. The molecule has 8 heteroatoms. The van der Waals surface area contributed by atoms with E-state index in [1.165, 1.54) is 23.9 Å². The SMILES string of the molecule is CC(C)(C)S.CSc1ncc(Br)c(C(N)Cc2cc(F)cc(F)c2)n1. The van der Waals surface area contributed by atoms with Gasteiger partial charge in [0.15, 0.2) is 5.16 Å². The first-order chi connectivity index (χ1) is 11.5. The van der Waals surface area contributed by atoms with Crippen molar-refractivity contribution in [1.82, 2.24) is 9.97 Å². The normalized spacial score (nSPS) is 12.4. The Hall–Kier alpha value is -0.700. The van der Waals surface area contributed by atoms with Crippen LogP contribution in [-0.4, -0.2) is 21.0 Å². The predicted octanol–water partition coefficient (Wildman–Crippen LogP) is 5.20. The Kier molecular flexibility index (Phi) is 8.80. The maximum Gasteiger partial charge on any atom is 0.187 e. The second-order valence-corrected chi connectivity index (χ2v) is 9.32. The van der Waals surface area contributed by atoms with Gasteiger partial charge in [0.1, 0.15) is 11.6 Å². The van der Waals surface area contributed by atoms with E-state index in [0.717, 1.165) is 6.07 Å². The molecular formula is C17H22BrF2N3S2. The molecule has 3 nitrogen and oxygen atoms in total. The van der Waals surface area contributed by atoms with Crippen molar-refractivity contribution in [2.24, 2.45) is 5.73 Å². The Morgan fingerprint density at radius 1 is 1.24 bits per heavy atom. The Morgan fingerprint density at radius 2 is 1.76 bits per heavy atom. The summed E-state index contributed by atoms with van der Waals surface area (Å²) in [6, 6.07) is 2.90. The van der Waals surface area contributed by atoms with E-state index in [2.05, 4.69) is 59.3 Å². The van der Waals surface area contributed by atoms with E-state index in [1.807, 2.05) is 6.26 Å². The molecular weight excluding hydrogens is 428 g/mol. The first kappa shape index (κ1) is 22.3. The zero-order chi connectivity index (χ0) is 19.2. The molecule has 0 spiro atoms. The smallest absolute Gasteiger partial charge is 0.187 e. The second-order valence-electron chi connectivity index (χ2n) is 6.35. The molecule has 1 unspecified atom stereocenters. The highest BCUT2D eigenvalue weighted by Crippen LogP contribution is 2.24. The Labute approximate surface area is 165 Å². The number of hydrogen-bond donors (Lipinski definition) is 2. The lowest BCUT2D eigenvalue weighted by Crippen LogP contribution is -2.16. The molecule has 0 bridgehead atoms. The highest BCUT2D eigenvalue weighted by atomic mass is 79.9. The maximum atomic E-state index is 13.2. The maximum absolute atomic E-state index is 13.2. The summed E-state index contributed by atoms with van der Waals surface area (Å²) in [6.07, 6.45) is 3.78. The summed E-state index contributed by atoms with van der Waals surface area (Å²) in [6.45, 7) is 6.16. The molecule has 0 aliphatic rings. The number of nitrogens with zero attached hydrogens (tertiary/aromatic N) is 2. The minimum absolute atomic E-state index is 0.194. The van der Waals surface area contributed by atoms with Gasteiger partial charge in [0.2, 0.25) is 0 Å². The number of nitrogens with two attached hydrogens (primary N) is 1. The summed E-state index contributed by atoms with van der Waals surface area (Å²) >= 11 is 8.86. The molecule has 0 radical (unpaired) electrons. The van der Waals surface area contributed by atoms with Gasteiger partial charge < -0.3 is 5.73 Å². The van der Waals surface area contributed by atoms with Gasteiger partial charge in [-0.05, 0) is 46.3 Å². The number of halogens is 3. The van der Waals surface area contributed by atoms with Crippen molar-refractivity contribution in [1.29, 1.82) is 0 Å². The number of thioether (sulfide) groups is 1. The Balaban J connectivity index is 0.000000550. The molecule has 1 atom stereocenters. The van der Waals surface area contributed by atoms with E-state index in [1.54, 1.807) is 6.20 Å². The minimum Gasteiger partial charge on any atom is -0.322 e. The number of rotatable bonds is 4. The molecule has 1 heterocycles. The molecule has 2 rings (SSSR count). The van der Waals surface area contributed by atoms with Crippen molar-refractivity contribution in [3.63, 3.8) is 0 Å². The average molecular weight is 450 g/mol. The average Bonchev–Trinajstić information content (AvgIpc) is 2.44. The van der Waals surface area contributed by atoms with Gasteiger partial charge >= 0.3 is 0 Å². The molecule has 0 aliphatic heterocycles. The monoisotopic (exact) mass is 449 g/mol. The fourth-order valence-electron chi connectivity index (χ4n) is 1.80. The van der Waals surface area contributed by atoms with Crippen molar-refractivity contribution in [3.05, 3.63) is 51.8 Å². The molecule has 2 N–H and O–H groups in total. The van der Waals surface area contributed by atoms with Crippen molar-refractivity contribution >= 4 is 40.3 Å². The van der Waals surface area contributed by atoms with Crippen LogP contribution in [0.5, 0.6) is 0 Å². The van der Waals surface area contributed by atoms with Gasteiger partial charge in [-0.25, -0.2) is 18.7 Å². The number of hydrogen-bond acceptors (Lipinski definition) is 5. The van der Waals surface area contributed by atoms with Crippen LogP contribution in [0.4, 0.5) is 8.78 Å². The molecule has 0 saturated heterocycles. The Bertz CT molecular complexity index is 683. The van der Waals surface area contributed by atoms with Crippen LogP contribution in [0.25, 0.3) is 0 Å². The summed E-state index contributed by atoms with van der Waals surface area (Å²) in [7, 11) is 0. The van der Waals surface area contributed by atoms with Crippen molar-refractivity contribution in [2.75, 3.05) is 6.26 Å². The molecule has 0 saturated carbocycles. The van der Waals surface area contributed by atoms with Gasteiger partial charge in [0.05, 0.1) is 16.2 Å². The van der Waals surface area contributed by atoms with Gasteiger partial charge in [-0.15, -0.1) is 0 Å². The van der Waals surface area contributed by atoms with Gasteiger partial charge in [-0.1, -0.05) is 32.5 Å². The summed E-state index contributed by atoms with van der Waals surface area (Å²) in [4.78, 5) is 8.43. The van der Waals surface area contributed by atoms with E-state index in [9.17, 15) is 8.78 Å². The standard InChI is InChI=1S/C13H12BrF2N3S.C4H10S/c1-20-13-18-6-10(14)12(19-13)11(17)4-7-2-8(15)5-9(16)3-7;1-4(2,3)5/h2-3,5-6,11H,4,17H2,1H3;5H,1-3H3. The van der Waals surface area contributed by atoms with E-state index >= 15 is 0 Å². The lowest BCUT2D eigenvalue weighted by Gasteiger charge is -2.13. The summed E-state index contributed by atoms with van der Waals surface area (Å²) in [5, 5.41) is 0.601. The van der Waals surface area contributed by atoms with Crippen LogP contribution in [0.15, 0.2) is 34.0 Å². The lowest BCUT2D eigenvalue weighted by atomic mass is 10.0. The zero-order valence-electron chi connectivity index (χ0n) is 14.6. The van der Waals surface area contributed by atoms with E-state index in [4.69, 9.17) is 5.73 Å². The molecule has 138 valence electrons. The third-order valence-electron chi connectivity index (χ3n) is 2.66. The largest absolute Gasteiger partial charge is 0.322 e. The van der Waals surface area contributed by atoms with Crippen LogP contribution < -0.4 is 5.73 Å². The van der Waals surface area contributed by atoms with Crippen molar-refractivity contribution < 1.29 is 8.78 Å². The zero-order valence-corrected chi connectivity index (χ0v) is 17.9. The van der Waals surface area contributed by atoms with E-state index in [-0.39, 0.29) is 11.2 Å². The molecule has 0 aliphatic carbocycles. The molecule has 1 aromatic heterocycles. The third-order valence-corrected chi connectivity index (χ3v) is 3.83. The highest BCUT2D eigenvalue weighted by Gasteiger charge is 2.15. The van der Waals surface area contributed by atoms with Gasteiger partial charge in [0, 0.05) is 17.0 Å². The van der Waals surface area contributed by atoms with Crippen molar-refractivity contribution in [3.8, 4) is 0 Å². The molecule has 0 amide bonds. The van der Waals surface area contributed by atoms with Crippen LogP contribution >= 0.6 is 40.3 Å². The minimum atomic E-state index is -0.612. The van der Waals surface area contributed by atoms with Crippen LogP contribution in [0, 0.1) is 11.6 Å². The third kappa shape index (κ3) is 8.99. The van der Waals surface area contributed by atoms with Crippen molar-refractivity contribution in [2.45, 2.75) is 43.1 Å². The highest BCUT2D eigenvalue weighted by molar-refractivity contribution is 9.10. The quantitative estimate of drug-likeness (QED) is 0.382. The van der Waals surface area contributed by atoms with Gasteiger partial charge in [-0.2, -0.15) is 12.6 Å². The first-order valence-electron chi connectivity index (χ1n) is 7.49. The first-order valence-corrected chi connectivity index (χ1v) is 9.95. The molecule has 25 heavy (non-hydrogen) atoms. The molecule has 0 fully saturated rings. The predicted molar refractivity (Wildman–Crippen MR) is 107 cm³/mol. The lowest BCUT2D eigenvalue weighted by molar-refractivity contribution is 0.575.